The first-order valence-corrected chi connectivity index (χ1v) is 6.49. The zero-order chi connectivity index (χ0) is 14.7. The summed E-state index contributed by atoms with van der Waals surface area (Å²) in [6, 6.07) is 9.36. The number of rotatable bonds is 5. The highest BCUT2D eigenvalue weighted by Gasteiger charge is 2.15. The lowest BCUT2D eigenvalue weighted by Crippen LogP contribution is -2.10. The lowest BCUT2D eigenvalue weighted by Gasteiger charge is -2.12. The van der Waals surface area contributed by atoms with Crippen LogP contribution in [0.2, 0.25) is 0 Å². The molecule has 2 rings (SSSR count). The average molecular weight is 274 g/mol. The summed E-state index contributed by atoms with van der Waals surface area (Å²) >= 11 is 0. The summed E-state index contributed by atoms with van der Waals surface area (Å²) in [5.74, 6) is -0.234. The molecule has 0 atom stereocenters. The summed E-state index contributed by atoms with van der Waals surface area (Å²) in [5, 5.41) is 13.1. The van der Waals surface area contributed by atoms with Crippen LogP contribution in [0.15, 0.2) is 30.3 Å². The number of hydrogen-bond donors (Lipinski definition) is 1. The fraction of sp³-hybridized carbons (Fsp3) is 0.333. The molecule has 0 saturated heterocycles. The molecule has 106 valence electrons. The number of aromatic nitrogens is 2. The Hall–Kier alpha value is -2.30. The summed E-state index contributed by atoms with van der Waals surface area (Å²) in [6.45, 7) is 6.17. The fourth-order valence-electron chi connectivity index (χ4n) is 1.96. The number of aryl methyl sites for hydroxylation is 1. The average Bonchev–Trinajstić information content (AvgIpc) is 2.82. The summed E-state index contributed by atoms with van der Waals surface area (Å²) in [4.78, 5) is 11.0. The van der Waals surface area contributed by atoms with Gasteiger partial charge in [-0.15, -0.1) is 0 Å². The van der Waals surface area contributed by atoms with Crippen LogP contribution in [-0.2, 0) is 6.61 Å². The number of ether oxygens (including phenoxy) is 1. The molecule has 0 aliphatic rings. The maximum absolute atomic E-state index is 11.0. The maximum Gasteiger partial charge on any atom is 0.356 e. The Kier molecular flexibility index (Phi) is 4.08. The minimum atomic E-state index is -1.03. The lowest BCUT2D eigenvalue weighted by atomic mass is 10.2. The first kappa shape index (κ1) is 14.1. The number of benzene rings is 1. The van der Waals surface area contributed by atoms with Crippen LogP contribution in [0.1, 0.15) is 41.6 Å². The lowest BCUT2D eigenvalue weighted by molar-refractivity contribution is 0.0689. The van der Waals surface area contributed by atoms with E-state index in [0.717, 1.165) is 17.0 Å². The Morgan fingerprint density at radius 1 is 1.40 bits per heavy atom. The van der Waals surface area contributed by atoms with Crippen molar-refractivity contribution in [3.8, 4) is 5.75 Å². The second kappa shape index (κ2) is 5.77. The first-order valence-electron chi connectivity index (χ1n) is 6.49. The number of carboxylic acids is 1. The standard InChI is InChI=1S/C15H18N2O3/c1-10(2)17-12(8-13(16-17)15(18)19)9-20-14-7-5-4-6-11(14)3/h4-8,10H,9H2,1-3H3,(H,18,19). The maximum atomic E-state index is 11.0. The highest BCUT2D eigenvalue weighted by molar-refractivity contribution is 5.85. The molecule has 0 unspecified atom stereocenters. The number of carbonyl (C=O) groups is 1. The molecule has 1 heterocycles. The van der Waals surface area contributed by atoms with Crippen molar-refractivity contribution in [2.45, 2.75) is 33.4 Å². The summed E-state index contributed by atoms with van der Waals surface area (Å²) in [7, 11) is 0. The third-order valence-electron chi connectivity index (χ3n) is 2.99. The summed E-state index contributed by atoms with van der Waals surface area (Å²) in [6.07, 6.45) is 0. The van der Waals surface area contributed by atoms with E-state index >= 15 is 0 Å². The molecule has 0 bridgehead atoms. The molecule has 0 aliphatic heterocycles. The van der Waals surface area contributed by atoms with Crippen molar-refractivity contribution in [3.05, 3.63) is 47.3 Å². The first-order chi connectivity index (χ1) is 9.49. The third kappa shape index (κ3) is 2.99. The van der Waals surface area contributed by atoms with E-state index < -0.39 is 5.97 Å². The Bertz CT molecular complexity index is 617. The van der Waals surface area contributed by atoms with Crippen molar-refractivity contribution in [2.75, 3.05) is 0 Å². The molecule has 1 N–H and O–H groups in total. The second-order valence-corrected chi connectivity index (χ2v) is 4.92. The van der Waals surface area contributed by atoms with Crippen LogP contribution in [0.5, 0.6) is 5.75 Å². The van der Waals surface area contributed by atoms with Gasteiger partial charge in [-0.05, 0) is 38.5 Å². The molecule has 0 radical (unpaired) electrons. The van der Waals surface area contributed by atoms with E-state index in [1.54, 1.807) is 10.7 Å². The number of carboxylic acid groups (broad SMARTS) is 1. The van der Waals surface area contributed by atoms with Gasteiger partial charge < -0.3 is 9.84 Å². The van der Waals surface area contributed by atoms with Gasteiger partial charge >= 0.3 is 5.97 Å². The normalized spacial score (nSPS) is 10.8. The van der Waals surface area contributed by atoms with Crippen molar-refractivity contribution in [3.63, 3.8) is 0 Å². The smallest absolute Gasteiger partial charge is 0.356 e. The van der Waals surface area contributed by atoms with E-state index in [2.05, 4.69) is 5.10 Å². The Morgan fingerprint density at radius 2 is 2.10 bits per heavy atom. The van der Waals surface area contributed by atoms with Crippen LogP contribution >= 0.6 is 0 Å². The Labute approximate surface area is 117 Å². The van der Waals surface area contributed by atoms with E-state index in [1.165, 1.54) is 0 Å². The van der Waals surface area contributed by atoms with Gasteiger partial charge in [-0.25, -0.2) is 4.79 Å². The van der Waals surface area contributed by atoms with Gasteiger partial charge in [0.25, 0.3) is 0 Å². The number of hydrogen-bond acceptors (Lipinski definition) is 3. The zero-order valence-electron chi connectivity index (χ0n) is 11.8. The van der Waals surface area contributed by atoms with Crippen LogP contribution in [0.3, 0.4) is 0 Å². The molecule has 2 aromatic rings. The monoisotopic (exact) mass is 274 g/mol. The summed E-state index contributed by atoms with van der Waals surface area (Å²) < 4.78 is 7.44. The van der Waals surface area contributed by atoms with E-state index in [4.69, 9.17) is 9.84 Å². The molecule has 0 saturated carbocycles. The minimum absolute atomic E-state index is 0.0436. The molecular weight excluding hydrogens is 256 g/mol. The molecular formula is C15H18N2O3. The fourth-order valence-corrected chi connectivity index (χ4v) is 1.96. The zero-order valence-corrected chi connectivity index (χ0v) is 11.8. The predicted molar refractivity (Wildman–Crippen MR) is 75.1 cm³/mol. The van der Waals surface area contributed by atoms with Gasteiger partial charge in [-0.1, -0.05) is 18.2 Å². The van der Waals surface area contributed by atoms with E-state index in [9.17, 15) is 4.79 Å². The largest absolute Gasteiger partial charge is 0.487 e. The van der Waals surface area contributed by atoms with Gasteiger partial charge in [0.15, 0.2) is 5.69 Å². The van der Waals surface area contributed by atoms with Gasteiger partial charge in [0.1, 0.15) is 12.4 Å². The third-order valence-corrected chi connectivity index (χ3v) is 2.99. The van der Waals surface area contributed by atoms with Crippen LogP contribution in [0.25, 0.3) is 0 Å². The van der Waals surface area contributed by atoms with Crippen molar-refractivity contribution < 1.29 is 14.6 Å². The minimum Gasteiger partial charge on any atom is -0.487 e. The van der Waals surface area contributed by atoms with Crippen molar-refractivity contribution in [1.29, 1.82) is 0 Å². The molecule has 0 fully saturated rings. The quantitative estimate of drug-likeness (QED) is 0.910. The van der Waals surface area contributed by atoms with Gasteiger partial charge in [0.05, 0.1) is 5.69 Å². The van der Waals surface area contributed by atoms with Crippen LogP contribution < -0.4 is 4.74 Å². The topological polar surface area (TPSA) is 64.3 Å². The molecule has 0 spiro atoms. The van der Waals surface area contributed by atoms with Crippen molar-refractivity contribution in [2.24, 2.45) is 0 Å². The molecule has 5 nitrogen and oxygen atoms in total. The van der Waals surface area contributed by atoms with Crippen molar-refractivity contribution in [1.82, 2.24) is 9.78 Å². The van der Waals surface area contributed by atoms with Gasteiger partial charge in [0.2, 0.25) is 0 Å². The van der Waals surface area contributed by atoms with Crippen LogP contribution in [-0.4, -0.2) is 20.9 Å². The molecule has 0 amide bonds. The van der Waals surface area contributed by atoms with E-state index in [1.807, 2.05) is 45.0 Å². The number of aromatic carboxylic acids is 1. The van der Waals surface area contributed by atoms with Gasteiger partial charge in [0, 0.05) is 6.04 Å². The Morgan fingerprint density at radius 3 is 2.70 bits per heavy atom. The number of para-hydroxylation sites is 1. The van der Waals surface area contributed by atoms with E-state index in [-0.39, 0.29) is 11.7 Å². The molecule has 5 heteroatoms. The van der Waals surface area contributed by atoms with Gasteiger partial charge in [-0.3, -0.25) is 4.68 Å². The van der Waals surface area contributed by atoms with Crippen LogP contribution in [0.4, 0.5) is 0 Å². The molecule has 20 heavy (non-hydrogen) atoms. The highest BCUT2D eigenvalue weighted by Crippen LogP contribution is 2.19. The molecule has 1 aromatic carbocycles. The number of nitrogens with zero attached hydrogens (tertiary/aromatic N) is 2. The van der Waals surface area contributed by atoms with Gasteiger partial charge in [-0.2, -0.15) is 5.10 Å². The molecule has 0 aliphatic carbocycles. The molecule has 1 aromatic heterocycles. The second-order valence-electron chi connectivity index (χ2n) is 4.92. The van der Waals surface area contributed by atoms with Crippen molar-refractivity contribution >= 4 is 5.97 Å². The van der Waals surface area contributed by atoms with Crippen LogP contribution in [0, 0.1) is 6.92 Å². The highest BCUT2D eigenvalue weighted by atomic mass is 16.5. The SMILES string of the molecule is Cc1ccccc1OCc1cc(C(=O)O)nn1C(C)C. The Balaban J connectivity index is 2.20. The predicted octanol–water partition coefficient (Wildman–Crippen LogP) is 3.05. The van der Waals surface area contributed by atoms with E-state index in [0.29, 0.717) is 6.61 Å². The summed E-state index contributed by atoms with van der Waals surface area (Å²) in [5.41, 5.74) is 1.84.